The predicted molar refractivity (Wildman–Crippen MR) is 118 cm³/mol. The molecule has 0 N–H and O–H groups in total. The van der Waals surface area contributed by atoms with Crippen molar-refractivity contribution in [3.05, 3.63) is 58.3 Å². The molecule has 0 saturated heterocycles. The van der Waals surface area contributed by atoms with E-state index in [9.17, 15) is 9.59 Å². The minimum Gasteiger partial charge on any atom is -0.332 e. The molecule has 0 spiro atoms. The van der Waals surface area contributed by atoms with Gasteiger partial charge in [-0.05, 0) is 29.9 Å². The van der Waals surface area contributed by atoms with Crippen LogP contribution < -0.4 is 0 Å². The third-order valence-electron chi connectivity index (χ3n) is 5.59. The lowest BCUT2D eigenvalue weighted by Gasteiger charge is -2.36. The normalized spacial score (nSPS) is 14.7. The maximum atomic E-state index is 13.4. The van der Waals surface area contributed by atoms with Crippen LogP contribution in [0, 0.1) is 5.92 Å². The summed E-state index contributed by atoms with van der Waals surface area (Å²) in [5, 5.41) is 2.04. The van der Waals surface area contributed by atoms with Gasteiger partial charge in [-0.1, -0.05) is 69.5 Å². The molecule has 1 fully saturated rings. The monoisotopic (exact) mass is 412 g/mol. The lowest BCUT2D eigenvalue weighted by Crippen LogP contribution is -2.49. The highest BCUT2D eigenvalue weighted by molar-refractivity contribution is 7.09. The second-order valence-electron chi connectivity index (χ2n) is 8.23. The van der Waals surface area contributed by atoms with Crippen LogP contribution in [0.15, 0.2) is 47.8 Å². The molecule has 2 amide bonds. The van der Waals surface area contributed by atoms with Gasteiger partial charge in [0.25, 0.3) is 0 Å². The number of thiophene rings is 1. The Morgan fingerprint density at radius 3 is 2.34 bits per heavy atom. The van der Waals surface area contributed by atoms with E-state index in [-0.39, 0.29) is 30.3 Å². The first kappa shape index (κ1) is 21.6. The highest BCUT2D eigenvalue weighted by Crippen LogP contribution is 2.24. The van der Waals surface area contributed by atoms with Gasteiger partial charge >= 0.3 is 0 Å². The van der Waals surface area contributed by atoms with Crippen LogP contribution in [0.2, 0.25) is 0 Å². The molecule has 2 aromatic rings. The van der Waals surface area contributed by atoms with E-state index in [4.69, 9.17) is 0 Å². The van der Waals surface area contributed by atoms with Crippen molar-refractivity contribution in [3.8, 4) is 0 Å². The van der Waals surface area contributed by atoms with Crippen molar-refractivity contribution in [2.45, 2.75) is 65.1 Å². The molecule has 0 bridgehead atoms. The first-order valence-corrected chi connectivity index (χ1v) is 11.6. The lowest BCUT2D eigenvalue weighted by atomic mass is 9.93. The molecule has 0 radical (unpaired) electrons. The van der Waals surface area contributed by atoms with Gasteiger partial charge in [0.05, 0.1) is 6.54 Å². The number of hydrogen-bond donors (Lipinski definition) is 0. The molecule has 5 heteroatoms. The fourth-order valence-corrected chi connectivity index (χ4v) is 4.70. The maximum absolute atomic E-state index is 13.4. The summed E-state index contributed by atoms with van der Waals surface area (Å²) in [4.78, 5) is 31.3. The molecule has 0 atom stereocenters. The minimum atomic E-state index is -0.0930. The number of rotatable bonds is 8. The van der Waals surface area contributed by atoms with E-state index in [1.54, 1.807) is 11.3 Å². The molecule has 1 aromatic carbocycles. The quantitative estimate of drug-likeness (QED) is 0.606. The molecular formula is C24H32N2O2S. The van der Waals surface area contributed by atoms with E-state index in [0.29, 0.717) is 13.1 Å². The van der Waals surface area contributed by atoms with Crippen LogP contribution in [-0.4, -0.2) is 34.2 Å². The third-order valence-corrected chi connectivity index (χ3v) is 6.45. The average Bonchev–Trinajstić information content (AvgIpc) is 3.25. The fourth-order valence-electron chi connectivity index (χ4n) is 3.98. The van der Waals surface area contributed by atoms with Gasteiger partial charge in [0, 0.05) is 23.4 Å². The van der Waals surface area contributed by atoms with Crippen LogP contribution in [0.5, 0.6) is 0 Å². The standard InChI is InChI=1S/C24H32N2O2S/c1-19(2)24(28)26(21-12-7-4-8-13-21)18-23(27)25(17-22-14-9-15-29-22)16-20-10-5-3-6-11-20/h3,5-6,9-11,14-15,19,21H,4,7-8,12-13,16-18H2,1-2H3. The molecule has 1 heterocycles. The van der Waals surface area contributed by atoms with Gasteiger partial charge < -0.3 is 9.80 Å². The van der Waals surface area contributed by atoms with Crippen LogP contribution in [-0.2, 0) is 22.7 Å². The second-order valence-corrected chi connectivity index (χ2v) is 9.26. The number of amides is 2. The molecule has 156 valence electrons. The zero-order valence-electron chi connectivity index (χ0n) is 17.5. The number of nitrogens with zero attached hydrogens (tertiary/aromatic N) is 2. The van der Waals surface area contributed by atoms with Gasteiger partial charge in [0.15, 0.2) is 0 Å². The van der Waals surface area contributed by atoms with E-state index < -0.39 is 0 Å². The number of carbonyl (C=O) groups excluding carboxylic acids is 2. The summed E-state index contributed by atoms with van der Waals surface area (Å²) in [6.45, 7) is 5.18. The van der Waals surface area contributed by atoms with E-state index >= 15 is 0 Å². The first-order valence-electron chi connectivity index (χ1n) is 10.7. The van der Waals surface area contributed by atoms with Crippen LogP contribution in [0.3, 0.4) is 0 Å². The molecular weight excluding hydrogens is 380 g/mol. The van der Waals surface area contributed by atoms with Gasteiger partial charge in [-0.3, -0.25) is 9.59 Å². The zero-order valence-corrected chi connectivity index (χ0v) is 18.4. The Hall–Kier alpha value is -2.14. The van der Waals surface area contributed by atoms with E-state index in [0.717, 1.165) is 36.1 Å². The Morgan fingerprint density at radius 2 is 1.72 bits per heavy atom. The van der Waals surface area contributed by atoms with Gasteiger partial charge in [0.2, 0.25) is 11.8 Å². The van der Waals surface area contributed by atoms with Crippen LogP contribution in [0.1, 0.15) is 56.4 Å². The molecule has 3 rings (SSSR count). The predicted octanol–water partition coefficient (Wildman–Crippen LogP) is 5.09. The average molecular weight is 413 g/mol. The Labute approximate surface area is 178 Å². The molecule has 0 unspecified atom stereocenters. The van der Waals surface area contributed by atoms with Crippen molar-refractivity contribution in [2.24, 2.45) is 5.92 Å². The summed E-state index contributed by atoms with van der Waals surface area (Å²) >= 11 is 1.66. The molecule has 1 saturated carbocycles. The summed E-state index contributed by atoms with van der Waals surface area (Å²) in [6, 6.07) is 14.4. The summed E-state index contributed by atoms with van der Waals surface area (Å²) in [5.74, 6) is 0.0347. The number of hydrogen-bond acceptors (Lipinski definition) is 3. The molecule has 1 aliphatic carbocycles. The van der Waals surface area contributed by atoms with Crippen molar-refractivity contribution in [1.29, 1.82) is 0 Å². The Morgan fingerprint density at radius 1 is 1.00 bits per heavy atom. The molecule has 4 nitrogen and oxygen atoms in total. The van der Waals surface area contributed by atoms with E-state index in [1.807, 2.05) is 65.4 Å². The van der Waals surface area contributed by atoms with Crippen molar-refractivity contribution in [1.82, 2.24) is 9.80 Å². The zero-order chi connectivity index (χ0) is 20.6. The van der Waals surface area contributed by atoms with Gasteiger partial charge in [0.1, 0.15) is 6.54 Å². The molecule has 29 heavy (non-hydrogen) atoms. The first-order chi connectivity index (χ1) is 14.0. The summed E-state index contributed by atoms with van der Waals surface area (Å²) in [5.41, 5.74) is 1.11. The minimum absolute atomic E-state index is 0.0295. The second kappa shape index (κ2) is 10.6. The highest BCUT2D eigenvalue weighted by atomic mass is 32.1. The lowest BCUT2D eigenvalue weighted by molar-refractivity contribution is -0.145. The Bertz CT molecular complexity index is 767. The molecule has 1 aromatic heterocycles. The van der Waals surface area contributed by atoms with Gasteiger partial charge in [-0.15, -0.1) is 11.3 Å². The highest BCUT2D eigenvalue weighted by Gasteiger charge is 2.30. The summed E-state index contributed by atoms with van der Waals surface area (Å²) in [6.07, 6.45) is 5.53. The maximum Gasteiger partial charge on any atom is 0.242 e. The summed E-state index contributed by atoms with van der Waals surface area (Å²) in [7, 11) is 0. The third kappa shape index (κ3) is 6.17. The van der Waals surface area contributed by atoms with Gasteiger partial charge in [-0.25, -0.2) is 0 Å². The Balaban J connectivity index is 1.77. The SMILES string of the molecule is CC(C)C(=O)N(CC(=O)N(Cc1ccccc1)Cc1cccs1)C1CCCCC1. The summed E-state index contributed by atoms with van der Waals surface area (Å²) < 4.78 is 0. The smallest absolute Gasteiger partial charge is 0.242 e. The largest absolute Gasteiger partial charge is 0.332 e. The van der Waals surface area contributed by atoms with Crippen molar-refractivity contribution < 1.29 is 9.59 Å². The van der Waals surface area contributed by atoms with Gasteiger partial charge in [-0.2, -0.15) is 0 Å². The van der Waals surface area contributed by atoms with Crippen LogP contribution in [0.4, 0.5) is 0 Å². The van der Waals surface area contributed by atoms with E-state index in [1.165, 1.54) is 6.42 Å². The Kier molecular flexibility index (Phi) is 7.87. The van der Waals surface area contributed by atoms with Crippen molar-refractivity contribution >= 4 is 23.2 Å². The number of benzene rings is 1. The van der Waals surface area contributed by atoms with E-state index in [2.05, 4.69) is 6.07 Å². The topological polar surface area (TPSA) is 40.6 Å². The molecule has 0 aliphatic heterocycles. The number of carbonyl (C=O) groups is 2. The fraction of sp³-hybridized carbons (Fsp3) is 0.500. The molecule has 1 aliphatic rings. The van der Waals surface area contributed by atoms with Crippen molar-refractivity contribution in [3.63, 3.8) is 0 Å². The van der Waals surface area contributed by atoms with Crippen LogP contribution >= 0.6 is 11.3 Å². The van der Waals surface area contributed by atoms with Crippen molar-refractivity contribution in [2.75, 3.05) is 6.54 Å². The van der Waals surface area contributed by atoms with Crippen LogP contribution in [0.25, 0.3) is 0 Å².